The number of aryl methyl sites for hydroxylation is 1. The van der Waals surface area contributed by atoms with Crippen LogP contribution in [0, 0.1) is 0 Å². The van der Waals surface area contributed by atoms with Crippen LogP contribution >= 0.6 is 11.6 Å². The summed E-state index contributed by atoms with van der Waals surface area (Å²) in [4.78, 5) is 18.6. The van der Waals surface area contributed by atoms with E-state index in [-0.39, 0.29) is 5.91 Å². The van der Waals surface area contributed by atoms with Gasteiger partial charge in [-0.15, -0.1) is 11.6 Å². The molecule has 4 nitrogen and oxygen atoms in total. The Hall–Kier alpha value is -1.55. The number of carbonyl (C=O) groups excluding carboxylic acids is 1. The average molecular weight is 292 g/mol. The van der Waals surface area contributed by atoms with E-state index in [1.54, 1.807) is 0 Å². The summed E-state index contributed by atoms with van der Waals surface area (Å²) in [6.07, 6.45) is 2.78. The van der Waals surface area contributed by atoms with E-state index < -0.39 is 0 Å². The lowest BCUT2D eigenvalue weighted by Gasteiger charge is -2.16. The second-order valence-electron chi connectivity index (χ2n) is 5.14. The summed E-state index contributed by atoms with van der Waals surface area (Å²) in [5, 5.41) is 0. The van der Waals surface area contributed by atoms with Gasteiger partial charge in [0.2, 0.25) is 5.91 Å². The van der Waals surface area contributed by atoms with Crippen molar-refractivity contribution in [3.8, 4) is 0 Å². The highest BCUT2D eigenvalue weighted by Crippen LogP contribution is 2.18. The van der Waals surface area contributed by atoms with Gasteiger partial charge in [-0.25, -0.2) is 4.98 Å². The van der Waals surface area contributed by atoms with Crippen molar-refractivity contribution in [2.75, 3.05) is 13.1 Å². The van der Waals surface area contributed by atoms with Gasteiger partial charge in [0.1, 0.15) is 5.82 Å². The van der Waals surface area contributed by atoms with Crippen molar-refractivity contribution in [3.05, 3.63) is 30.1 Å². The van der Waals surface area contributed by atoms with Crippen molar-refractivity contribution in [1.29, 1.82) is 0 Å². The van der Waals surface area contributed by atoms with Gasteiger partial charge < -0.3 is 9.47 Å². The highest BCUT2D eigenvalue weighted by atomic mass is 35.5. The highest BCUT2D eigenvalue weighted by Gasteiger charge is 2.18. The number of hydrogen-bond acceptors (Lipinski definition) is 2. The number of fused-ring (bicyclic) bond motifs is 1. The number of amides is 1. The maximum atomic E-state index is 12.1. The molecule has 1 fully saturated rings. The molecule has 1 aliphatic rings. The van der Waals surface area contributed by atoms with E-state index >= 15 is 0 Å². The van der Waals surface area contributed by atoms with E-state index in [4.69, 9.17) is 11.6 Å². The molecule has 0 spiro atoms. The molecule has 0 bridgehead atoms. The summed E-state index contributed by atoms with van der Waals surface area (Å²) in [7, 11) is 0. The number of hydrogen-bond donors (Lipinski definition) is 0. The van der Waals surface area contributed by atoms with Crippen LogP contribution in [0.2, 0.25) is 0 Å². The summed E-state index contributed by atoms with van der Waals surface area (Å²) >= 11 is 5.97. The van der Waals surface area contributed by atoms with Gasteiger partial charge in [0.05, 0.1) is 16.9 Å². The number of para-hydroxylation sites is 2. The summed E-state index contributed by atoms with van der Waals surface area (Å²) in [5.74, 6) is 1.44. The van der Waals surface area contributed by atoms with Crippen LogP contribution in [-0.4, -0.2) is 33.4 Å². The van der Waals surface area contributed by atoms with E-state index in [9.17, 15) is 4.79 Å². The molecule has 2 heterocycles. The van der Waals surface area contributed by atoms with Crippen LogP contribution in [-0.2, 0) is 17.2 Å². The molecular weight excluding hydrogens is 274 g/mol. The maximum Gasteiger partial charge on any atom is 0.224 e. The Morgan fingerprint density at radius 3 is 2.75 bits per heavy atom. The van der Waals surface area contributed by atoms with E-state index in [1.165, 1.54) is 0 Å². The average Bonchev–Trinajstić information content (AvgIpc) is 3.12. The molecule has 0 unspecified atom stereocenters. The Morgan fingerprint density at radius 1 is 1.25 bits per heavy atom. The Labute approximate surface area is 123 Å². The number of halogens is 1. The third-order valence-corrected chi connectivity index (χ3v) is 4.10. The van der Waals surface area contributed by atoms with Crippen LogP contribution in [0.5, 0.6) is 0 Å². The number of alkyl halides is 1. The second-order valence-corrected chi connectivity index (χ2v) is 5.41. The van der Waals surface area contributed by atoms with Crippen molar-refractivity contribution in [2.45, 2.75) is 31.7 Å². The Kier molecular flexibility index (Phi) is 3.92. The van der Waals surface area contributed by atoms with Crippen LogP contribution in [0.4, 0.5) is 0 Å². The van der Waals surface area contributed by atoms with Gasteiger partial charge >= 0.3 is 0 Å². The predicted molar refractivity (Wildman–Crippen MR) is 79.7 cm³/mol. The SMILES string of the molecule is O=C(CCn1c(CCl)nc2ccccc21)N1CCCC1. The molecule has 3 rings (SSSR count). The molecule has 1 aliphatic heterocycles. The first-order valence-electron chi connectivity index (χ1n) is 7.07. The van der Waals surface area contributed by atoms with Gasteiger partial charge in [0.25, 0.3) is 0 Å². The highest BCUT2D eigenvalue weighted by molar-refractivity contribution is 6.16. The fourth-order valence-corrected chi connectivity index (χ4v) is 3.01. The van der Waals surface area contributed by atoms with Gasteiger partial charge in [-0.05, 0) is 25.0 Å². The zero-order chi connectivity index (χ0) is 13.9. The molecule has 106 valence electrons. The monoisotopic (exact) mass is 291 g/mol. The zero-order valence-corrected chi connectivity index (χ0v) is 12.1. The van der Waals surface area contributed by atoms with Gasteiger partial charge in [0, 0.05) is 26.1 Å². The van der Waals surface area contributed by atoms with Crippen LogP contribution in [0.3, 0.4) is 0 Å². The van der Waals surface area contributed by atoms with Gasteiger partial charge in [-0.1, -0.05) is 12.1 Å². The van der Waals surface area contributed by atoms with Crippen molar-refractivity contribution in [2.24, 2.45) is 0 Å². The summed E-state index contributed by atoms with van der Waals surface area (Å²) < 4.78 is 2.07. The molecule has 5 heteroatoms. The van der Waals surface area contributed by atoms with Crippen molar-refractivity contribution in [3.63, 3.8) is 0 Å². The normalized spacial score (nSPS) is 15.2. The molecule has 0 N–H and O–H groups in total. The van der Waals surface area contributed by atoms with Gasteiger partial charge in [-0.2, -0.15) is 0 Å². The Bertz CT molecular complexity index is 617. The lowest BCUT2D eigenvalue weighted by molar-refractivity contribution is -0.130. The number of rotatable bonds is 4. The Morgan fingerprint density at radius 2 is 2.00 bits per heavy atom. The first-order chi connectivity index (χ1) is 9.79. The molecule has 0 saturated carbocycles. The van der Waals surface area contributed by atoms with Crippen LogP contribution < -0.4 is 0 Å². The third kappa shape index (κ3) is 2.52. The predicted octanol–water partition coefficient (Wildman–Crippen LogP) is 2.79. The van der Waals surface area contributed by atoms with E-state index in [0.717, 1.165) is 42.8 Å². The molecule has 0 atom stereocenters. The van der Waals surface area contributed by atoms with Crippen molar-refractivity contribution >= 4 is 28.5 Å². The first kappa shape index (κ1) is 13.4. The summed E-state index contributed by atoms with van der Waals surface area (Å²) in [6.45, 7) is 2.47. The van der Waals surface area contributed by atoms with Crippen LogP contribution in [0.1, 0.15) is 25.1 Å². The molecule has 2 aromatic rings. The zero-order valence-electron chi connectivity index (χ0n) is 11.4. The number of likely N-dealkylation sites (tertiary alicyclic amines) is 1. The number of benzene rings is 1. The third-order valence-electron chi connectivity index (χ3n) is 3.86. The molecule has 20 heavy (non-hydrogen) atoms. The summed E-state index contributed by atoms with van der Waals surface area (Å²) in [6, 6.07) is 7.96. The van der Waals surface area contributed by atoms with E-state index in [0.29, 0.717) is 18.8 Å². The van der Waals surface area contributed by atoms with Crippen molar-refractivity contribution < 1.29 is 4.79 Å². The van der Waals surface area contributed by atoms with Crippen LogP contribution in [0.25, 0.3) is 11.0 Å². The number of carbonyl (C=O) groups is 1. The fourth-order valence-electron chi connectivity index (χ4n) is 2.81. The van der Waals surface area contributed by atoms with E-state index in [1.807, 2.05) is 29.2 Å². The largest absolute Gasteiger partial charge is 0.343 e. The van der Waals surface area contributed by atoms with Gasteiger partial charge in [-0.3, -0.25) is 4.79 Å². The lowest BCUT2D eigenvalue weighted by atomic mass is 10.3. The fraction of sp³-hybridized carbons (Fsp3) is 0.467. The topological polar surface area (TPSA) is 38.1 Å². The minimum absolute atomic E-state index is 0.237. The molecule has 0 radical (unpaired) electrons. The van der Waals surface area contributed by atoms with E-state index in [2.05, 4.69) is 9.55 Å². The molecule has 1 amide bonds. The number of imidazole rings is 1. The minimum Gasteiger partial charge on any atom is -0.343 e. The lowest BCUT2D eigenvalue weighted by Crippen LogP contribution is -2.28. The first-order valence-corrected chi connectivity index (χ1v) is 7.61. The Balaban J connectivity index is 1.77. The molecule has 1 saturated heterocycles. The summed E-state index contributed by atoms with van der Waals surface area (Å²) in [5.41, 5.74) is 1.99. The van der Waals surface area contributed by atoms with Crippen LogP contribution in [0.15, 0.2) is 24.3 Å². The van der Waals surface area contributed by atoms with Crippen molar-refractivity contribution in [1.82, 2.24) is 14.5 Å². The number of aromatic nitrogens is 2. The maximum absolute atomic E-state index is 12.1. The smallest absolute Gasteiger partial charge is 0.224 e. The second kappa shape index (κ2) is 5.83. The van der Waals surface area contributed by atoms with Gasteiger partial charge in [0.15, 0.2) is 0 Å². The molecule has 1 aromatic carbocycles. The quantitative estimate of drug-likeness (QED) is 0.813. The molecule has 1 aromatic heterocycles. The molecular formula is C15H18ClN3O. The molecule has 0 aliphatic carbocycles. The number of nitrogens with zero attached hydrogens (tertiary/aromatic N) is 3. The minimum atomic E-state index is 0.237. The standard InChI is InChI=1S/C15H18ClN3O/c16-11-14-17-12-5-1-2-6-13(12)19(14)10-7-15(20)18-8-3-4-9-18/h1-2,5-6H,3-4,7-11H2.